The Balaban J connectivity index is 1.63. The van der Waals surface area contributed by atoms with Crippen LogP contribution in [0, 0.1) is 5.92 Å². The Morgan fingerprint density at radius 1 is 1.39 bits per heavy atom. The van der Waals surface area contributed by atoms with Gasteiger partial charge in [-0.25, -0.2) is 0 Å². The number of benzene rings is 1. The third-order valence-corrected chi connectivity index (χ3v) is 5.20. The molecule has 23 heavy (non-hydrogen) atoms. The molecule has 0 spiro atoms. The summed E-state index contributed by atoms with van der Waals surface area (Å²) < 4.78 is 5.31. The minimum absolute atomic E-state index is 0.129. The minimum Gasteiger partial charge on any atom is -0.497 e. The van der Waals surface area contributed by atoms with E-state index in [-0.39, 0.29) is 18.6 Å². The van der Waals surface area contributed by atoms with Crippen LogP contribution < -0.4 is 10.1 Å². The SMILES string of the molecule is COc1ccc2c(c1)CCCC2CC(=O)NC(CCO)C1CC1. The topological polar surface area (TPSA) is 58.6 Å². The zero-order chi connectivity index (χ0) is 16.2. The van der Waals surface area contributed by atoms with E-state index in [0.717, 1.165) is 25.0 Å². The minimum atomic E-state index is 0.129. The summed E-state index contributed by atoms with van der Waals surface area (Å²) in [5, 5.41) is 12.3. The van der Waals surface area contributed by atoms with Crippen molar-refractivity contribution in [3.05, 3.63) is 29.3 Å². The number of hydrogen-bond donors (Lipinski definition) is 2. The monoisotopic (exact) mass is 317 g/mol. The van der Waals surface area contributed by atoms with Crippen molar-refractivity contribution in [2.75, 3.05) is 13.7 Å². The van der Waals surface area contributed by atoms with Crippen LogP contribution in [0.25, 0.3) is 0 Å². The fourth-order valence-electron chi connectivity index (χ4n) is 3.78. The summed E-state index contributed by atoms with van der Waals surface area (Å²) in [4.78, 5) is 12.4. The average molecular weight is 317 g/mol. The van der Waals surface area contributed by atoms with Crippen LogP contribution in [0.2, 0.25) is 0 Å². The Labute approximate surface area is 138 Å². The lowest BCUT2D eigenvalue weighted by molar-refractivity contribution is -0.122. The largest absolute Gasteiger partial charge is 0.497 e. The molecule has 0 aromatic heterocycles. The van der Waals surface area contributed by atoms with Crippen molar-refractivity contribution in [2.24, 2.45) is 5.92 Å². The number of aliphatic hydroxyl groups excluding tert-OH is 1. The molecular weight excluding hydrogens is 290 g/mol. The molecule has 2 aliphatic rings. The first-order chi connectivity index (χ1) is 11.2. The van der Waals surface area contributed by atoms with E-state index in [9.17, 15) is 4.79 Å². The van der Waals surface area contributed by atoms with Gasteiger partial charge in [0.15, 0.2) is 0 Å². The van der Waals surface area contributed by atoms with Gasteiger partial charge >= 0.3 is 0 Å². The molecule has 4 heteroatoms. The molecule has 2 atom stereocenters. The molecule has 0 bridgehead atoms. The fourth-order valence-corrected chi connectivity index (χ4v) is 3.78. The van der Waals surface area contributed by atoms with Gasteiger partial charge in [0.05, 0.1) is 7.11 Å². The molecule has 2 unspecified atom stereocenters. The van der Waals surface area contributed by atoms with E-state index in [0.29, 0.717) is 24.7 Å². The van der Waals surface area contributed by atoms with Gasteiger partial charge in [0, 0.05) is 19.1 Å². The second kappa shape index (κ2) is 7.35. The number of hydrogen-bond acceptors (Lipinski definition) is 3. The molecule has 2 aliphatic carbocycles. The van der Waals surface area contributed by atoms with E-state index in [1.54, 1.807) is 7.11 Å². The van der Waals surface area contributed by atoms with E-state index in [1.807, 2.05) is 6.07 Å². The first-order valence-electron chi connectivity index (χ1n) is 8.78. The Morgan fingerprint density at radius 2 is 2.22 bits per heavy atom. The molecule has 126 valence electrons. The van der Waals surface area contributed by atoms with Gasteiger partial charge in [-0.2, -0.15) is 0 Å². The first kappa shape index (κ1) is 16.3. The van der Waals surface area contributed by atoms with Crippen LogP contribution in [-0.4, -0.2) is 30.8 Å². The van der Waals surface area contributed by atoms with Crippen LogP contribution in [0.4, 0.5) is 0 Å². The lowest BCUT2D eigenvalue weighted by atomic mass is 9.81. The average Bonchev–Trinajstić information content (AvgIpc) is 3.39. The van der Waals surface area contributed by atoms with E-state index in [1.165, 1.54) is 24.0 Å². The lowest BCUT2D eigenvalue weighted by Crippen LogP contribution is -2.38. The van der Waals surface area contributed by atoms with Gasteiger partial charge in [0.25, 0.3) is 0 Å². The van der Waals surface area contributed by atoms with Gasteiger partial charge < -0.3 is 15.2 Å². The highest BCUT2D eigenvalue weighted by Gasteiger charge is 2.32. The van der Waals surface area contributed by atoms with Gasteiger partial charge in [0.1, 0.15) is 5.75 Å². The maximum absolute atomic E-state index is 12.4. The lowest BCUT2D eigenvalue weighted by Gasteiger charge is -2.26. The van der Waals surface area contributed by atoms with Crippen molar-refractivity contribution in [1.82, 2.24) is 5.32 Å². The molecule has 4 nitrogen and oxygen atoms in total. The van der Waals surface area contributed by atoms with Crippen LogP contribution in [0.15, 0.2) is 18.2 Å². The van der Waals surface area contributed by atoms with Crippen LogP contribution >= 0.6 is 0 Å². The van der Waals surface area contributed by atoms with Crippen molar-refractivity contribution in [1.29, 1.82) is 0 Å². The van der Waals surface area contributed by atoms with Crippen molar-refractivity contribution in [2.45, 2.75) is 56.9 Å². The summed E-state index contributed by atoms with van der Waals surface area (Å²) in [6, 6.07) is 6.38. The highest BCUT2D eigenvalue weighted by molar-refractivity contribution is 5.77. The van der Waals surface area contributed by atoms with Crippen molar-refractivity contribution in [3.8, 4) is 5.75 Å². The summed E-state index contributed by atoms with van der Waals surface area (Å²) in [7, 11) is 1.69. The second-order valence-electron chi connectivity index (χ2n) is 6.88. The number of fused-ring (bicyclic) bond motifs is 1. The number of nitrogens with one attached hydrogen (secondary N) is 1. The molecule has 0 saturated heterocycles. The number of aliphatic hydroxyl groups is 1. The van der Waals surface area contributed by atoms with Gasteiger partial charge in [0.2, 0.25) is 5.91 Å². The van der Waals surface area contributed by atoms with Crippen molar-refractivity contribution < 1.29 is 14.6 Å². The number of methoxy groups -OCH3 is 1. The van der Waals surface area contributed by atoms with Gasteiger partial charge in [-0.15, -0.1) is 0 Å². The summed E-state index contributed by atoms with van der Waals surface area (Å²) in [6.45, 7) is 0.146. The highest BCUT2D eigenvalue weighted by atomic mass is 16.5. The molecule has 1 amide bonds. The summed E-state index contributed by atoms with van der Waals surface area (Å²) in [5.41, 5.74) is 2.62. The third-order valence-electron chi connectivity index (χ3n) is 5.20. The van der Waals surface area contributed by atoms with E-state index in [2.05, 4.69) is 17.4 Å². The molecule has 2 N–H and O–H groups in total. The van der Waals surface area contributed by atoms with Crippen molar-refractivity contribution >= 4 is 5.91 Å². The zero-order valence-electron chi connectivity index (χ0n) is 13.9. The molecule has 1 aromatic carbocycles. The Kier molecular flexibility index (Phi) is 5.21. The van der Waals surface area contributed by atoms with Gasteiger partial charge in [-0.3, -0.25) is 4.79 Å². The predicted octanol–water partition coefficient (Wildman–Crippen LogP) is 2.78. The standard InChI is InChI=1S/C19H27NO3/c1-23-16-7-8-17-14(11-16)3-2-4-15(17)12-19(22)20-18(9-10-21)13-5-6-13/h7-8,11,13,15,18,21H,2-6,9-10,12H2,1H3,(H,20,22). The quantitative estimate of drug-likeness (QED) is 0.813. The molecule has 1 aromatic rings. The van der Waals surface area contributed by atoms with Crippen molar-refractivity contribution in [3.63, 3.8) is 0 Å². The second-order valence-corrected chi connectivity index (χ2v) is 6.88. The summed E-state index contributed by atoms with van der Waals surface area (Å²) in [5.74, 6) is 1.90. The van der Waals surface area contributed by atoms with Crippen LogP contribution in [0.3, 0.4) is 0 Å². The van der Waals surface area contributed by atoms with E-state index < -0.39 is 0 Å². The summed E-state index contributed by atoms with van der Waals surface area (Å²) >= 11 is 0. The number of carbonyl (C=O) groups is 1. The van der Waals surface area contributed by atoms with Gasteiger partial charge in [-0.05, 0) is 73.6 Å². The number of aryl methyl sites for hydroxylation is 1. The fraction of sp³-hybridized carbons (Fsp3) is 0.632. The number of rotatable bonds is 7. The molecule has 1 fully saturated rings. The molecule has 0 heterocycles. The molecule has 0 radical (unpaired) electrons. The summed E-state index contributed by atoms with van der Waals surface area (Å²) in [6.07, 6.45) is 6.85. The van der Waals surface area contributed by atoms with Crippen LogP contribution in [0.5, 0.6) is 5.75 Å². The molecule has 1 saturated carbocycles. The first-order valence-corrected chi connectivity index (χ1v) is 8.78. The Bertz CT molecular complexity index is 554. The smallest absolute Gasteiger partial charge is 0.220 e. The zero-order valence-corrected chi connectivity index (χ0v) is 13.9. The third kappa shape index (κ3) is 4.05. The maximum Gasteiger partial charge on any atom is 0.220 e. The molecule has 3 rings (SSSR count). The number of ether oxygens (including phenoxy) is 1. The van der Waals surface area contributed by atoms with E-state index in [4.69, 9.17) is 9.84 Å². The number of carbonyl (C=O) groups excluding carboxylic acids is 1. The number of amides is 1. The Morgan fingerprint density at radius 3 is 2.91 bits per heavy atom. The van der Waals surface area contributed by atoms with E-state index >= 15 is 0 Å². The Hall–Kier alpha value is -1.55. The maximum atomic E-state index is 12.4. The van der Waals surface area contributed by atoms with Crippen LogP contribution in [-0.2, 0) is 11.2 Å². The molecular formula is C19H27NO3. The molecule has 0 aliphatic heterocycles. The normalized spacial score (nSPS) is 21.4. The highest BCUT2D eigenvalue weighted by Crippen LogP contribution is 2.37. The van der Waals surface area contributed by atoms with Crippen LogP contribution in [0.1, 0.15) is 55.6 Å². The predicted molar refractivity (Wildman–Crippen MR) is 89.6 cm³/mol. The van der Waals surface area contributed by atoms with Gasteiger partial charge in [-0.1, -0.05) is 6.07 Å².